The minimum Gasteiger partial charge on any atom is -0.468 e. The third-order valence-electron chi connectivity index (χ3n) is 4.21. The first-order valence-electron chi connectivity index (χ1n) is 7.30. The smallest absolute Gasteiger partial charge is 0.322 e. The van der Waals surface area contributed by atoms with Gasteiger partial charge < -0.3 is 9.84 Å². The van der Waals surface area contributed by atoms with Gasteiger partial charge in [0.2, 0.25) is 0 Å². The van der Waals surface area contributed by atoms with E-state index in [1.165, 1.54) is 19.2 Å². The van der Waals surface area contributed by atoms with E-state index in [2.05, 4.69) is 4.90 Å². The van der Waals surface area contributed by atoms with Crippen molar-refractivity contribution < 1.29 is 19.0 Å². The molecule has 1 N–H and O–H groups in total. The maximum atomic E-state index is 12.9. The number of esters is 1. The van der Waals surface area contributed by atoms with E-state index in [0.29, 0.717) is 12.0 Å². The van der Waals surface area contributed by atoms with Crippen LogP contribution in [-0.2, 0) is 9.53 Å². The van der Waals surface area contributed by atoms with E-state index in [1.54, 1.807) is 12.1 Å². The molecular weight excluding hydrogens is 273 g/mol. The van der Waals surface area contributed by atoms with Crippen molar-refractivity contribution in [1.29, 1.82) is 0 Å². The van der Waals surface area contributed by atoms with Gasteiger partial charge in [-0.3, -0.25) is 9.69 Å². The lowest BCUT2D eigenvalue weighted by molar-refractivity contribution is -0.146. The number of benzene rings is 1. The van der Waals surface area contributed by atoms with Crippen LogP contribution in [-0.4, -0.2) is 41.7 Å². The fourth-order valence-electron chi connectivity index (χ4n) is 3.01. The van der Waals surface area contributed by atoms with Crippen LogP contribution in [0.4, 0.5) is 4.39 Å². The second-order valence-electron chi connectivity index (χ2n) is 5.54. The topological polar surface area (TPSA) is 49.8 Å². The van der Waals surface area contributed by atoms with Gasteiger partial charge in [-0.1, -0.05) is 12.1 Å². The zero-order chi connectivity index (χ0) is 15.4. The van der Waals surface area contributed by atoms with Crippen molar-refractivity contribution in [2.24, 2.45) is 0 Å². The highest BCUT2D eigenvalue weighted by molar-refractivity contribution is 5.75. The predicted octanol–water partition coefficient (Wildman–Crippen LogP) is 2.28. The maximum Gasteiger partial charge on any atom is 0.322 e. The Morgan fingerprint density at radius 2 is 2.14 bits per heavy atom. The molecule has 0 unspecified atom stereocenters. The normalized spacial score (nSPS) is 22.0. The second-order valence-corrected chi connectivity index (χ2v) is 5.54. The molecule has 3 atom stereocenters. The van der Waals surface area contributed by atoms with Crippen LogP contribution in [0, 0.1) is 5.82 Å². The number of ether oxygens (including phenoxy) is 1. The highest BCUT2D eigenvalue weighted by Crippen LogP contribution is 2.29. The van der Waals surface area contributed by atoms with Crippen LogP contribution in [0.1, 0.15) is 37.9 Å². The standard InChI is InChI=1S/C16H22FNO3/c1-11(16(20)21-2)18-9-3-4-14(18)10-15(19)12-5-7-13(17)8-6-12/h5-8,11,14-15,19H,3-4,9-10H2,1-2H3/t11-,14+,15+/m0/s1. The summed E-state index contributed by atoms with van der Waals surface area (Å²) in [6.07, 6.45) is 1.83. The van der Waals surface area contributed by atoms with Gasteiger partial charge in [0.1, 0.15) is 11.9 Å². The number of carbonyl (C=O) groups excluding carboxylic acids is 1. The van der Waals surface area contributed by atoms with Crippen molar-refractivity contribution in [3.8, 4) is 0 Å². The molecule has 1 heterocycles. The summed E-state index contributed by atoms with van der Waals surface area (Å²) in [5.41, 5.74) is 0.703. The largest absolute Gasteiger partial charge is 0.468 e. The van der Waals surface area contributed by atoms with Crippen LogP contribution in [0.15, 0.2) is 24.3 Å². The third-order valence-corrected chi connectivity index (χ3v) is 4.21. The number of nitrogens with zero attached hydrogens (tertiary/aromatic N) is 1. The quantitative estimate of drug-likeness (QED) is 0.847. The number of aliphatic hydroxyl groups is 1. The summed E-state index contributed by atoms with van der Waals surface area (Å²) in [4.78, 5) is 13.8. The highest BCUT2D eigenvalue weighted by Gasteiger charge is 2.33. The third kappa shape index (κ3) is 3.80. The van der Waals surface area contributed by atoms with E-state index < -0.39 is 6.10 Å². The van der Waals surface area contributed by atoms with E-state index in [-0.39, 0.29) is 23.9 Å². The van der Waals surface area contributed by atoms with Crippen molar-refractivity contribution in [2.75, 3.05) is 13.7 Å². The van der Waals surface area contributed by atoms with Gasteiger partial charge in [0, 0.05) is 6.04 Å². The molecule has 4 nitrogen and oxygen atoms in total. The number of aliphatic hydroxyl groups excluding tert-OH is 1. The van der Waals surface area contributed by atoms with Crippen LogP contribution in [0.3, 0.4) is 0 Å². The SMILES string of the molecule is COC(=O)[C@H](C)N1CCC[C@@H]1C[C@@H](O)c1ccc(F)cc1. The van der Waals surface area contributed by atoms with Gasteiger partial charge >= 0.3 is 5.97 Å². The first kappa shape index (κ1) is 15.9. The summed E-state index contributed by atoms with van der Waals surface area (Å²) in [6.45, 7) is 2.66. The second kappa shape index (κ2) is 7.00. The van der Waals surface area contributed by atoms with Crippen molar-refractivity contribution in [3.05, 3.63) is 35.6 Å². The Hall–Kier alpha value is -1.46. The summed E-state index contributed by atoms with van der Waals surface area (Å²) in [5.74, 6) is -0.564. The molecule has 0 bridgehead atoms. The molecule has 5 heteroatoms. The molecular formula is C16H22FNO3. The summed E-state index contributed by atoms with van der Waals surface area (Å²) in [7, 11) is 1.39. The summed E-state index contributed by atoms with van der Waals surface area (Å²) in [5, 5.41) is 10.3. The Bertz CT molecular complexity index is 477. The molecule has 0 amide bonds. The van der Waals surface area contributed by atoms with Gasteiger partial charge in [-0.25, -0.2) is 4.39 Å². The molecule has 0 spiro atoms. The molecule has 1 aliphatic heterocycles. The molecule has 0 saturated carbocycles. The van der Waals surface area contributed by atoms with Crippen LogP contribution in [0.25, 0.3) is 0 Å². The number of carbonyl (C=O) groups is 1. The number of hydrogen-bond donors (Lipinski definition) is 1. The van der Waals surface area contributed by atoms with E-state index >= 15 is 0 Å². The van der Waals surface area contributed by atoms with Crippen molar-refractivity contribution >= 4 is 5.97 Å². The fourth-order valence-corrected chi connectivity index (χ4v) is 3.01. The van der Waals surface area contributed by atoms with Crippen LogP contribution < -0.4 is 0 Å². The summed E-state index contributed by atoms with van der Waals surface area (Å²) >= 11 is 0. The number of hydrogen-bond acceptors (Lipinski definition) is 4. The lowest BCUT2D eigenvalue weighted by Crippen LogP contribution is -2.43. The van der Waals surface area contributed by atoms with Crippen LogP contribution in [0.5, 0.6) is 0 Å². The molecule has 1 aliphatic rings. The predicted molar refractivity (Wildman–Crippen MR) is 77.2 cm³/mol. The van der Waals surface area contributed by atoms with Gasteiger partial charge in [0.25, 0.3) is 0 Å². The van der Waals surface area contributed by atoms with Crippen molar-refractivity contribution in [1.82, 2.24) is 4.90 Å². The van der Waals surface area contributed by atoms with Crippen molar-refractivity contribution in [3.63, 3.8) is 0 Å². The molecule has 1 saturated heterocycles. The van der Waals surface area contributed by atoms with E-state index in [1.807, 2.05) is 6.92 Å². The van der Waals surface area contributed by atoms with Gasteiger partial charge in [-0.05, 0) is 50.4 Å². The zero-order valence-electron chi connectivity index (χ0n) is 12.5. The van der Waals surface area contributed by atoms with E-state index in [4.69, 9.17) is 4.74 Å². The Morgan fingerprint density at radius 3 is 2.76 bits per heavy atom. The molecule has 2 rings (SSSR count). The molecule has 21 heavy (non-hydrogen) atoms. The highest BCUT2D eigenvalue weighted by atomic mass is 19.1. The average molecular weight is 295 g/mol. The Balaban J connectivity index is 2.00. The first-order chi connectivity index (χ1) is 10.0. The lowest BCUT2D eigenvalue weighted by Gasteiger charge is -2.30. The number of rotatable bonds is 5. The summed E-state index contributed by atoms with van der Waals surface area (Å²) in [6, 6.07) is 5.73. The molecule has 1 aromatic rings. The Kier molecular flexibility index (Phi) is 5.31. The van der Waals surface area contributed by atoms with Crippen LogP contribution in [0.2, 0.25) is 0 Å². The molecule has 0 aliphatic carbocycles. The summed E-state index contributed by atoms with van der Waals surface area (Å²) < 4.78 is 17.7. The number of methoxy groups -OCH3 is 1. The Morgan fingerprint density at radius 1 is 1.48 bits per heavy atom. The molecule has 0 aromatic heterocycles. The van der Waals surface area contributed by atoms with Gasteiger partial charge in [-0.15, -0.1) is 0 Å². The monoisotopic (exact) mass is 295 g/mol. The Labute approximate surface area is 124 Å². The number of halogens is 1. The minimum absolute atomic E-state index is 0.138. The maximum absolute atomic E-state index is 12.9. The fraction of sp³-hybridized carbons (Fsp3) is 0.562. The lowest BCUT2D eigenvalue weighted by atomic mass is 10.00. The van der Waals surface area contributed by atoms with Gasteiger partial charge in [0.15, 0.2) is 0 Å². The molecule has 116 valence electrons. The van der Waals surface area contributed by atoms with E-state index in [0.717, 1.165) is 19.4 Å². The molecule has 0 radical (unpaired) electrons. The van der Waals surface area contributed by atoms with Crippen LogP contribution >= 0.6 is 0 Å². The average Bonchev–Trinajstić information content (AvgIpc) is 2.94. The minimum atomic E-state index is -0.652. The van der Waals surface area contributed by atoms with Gasteiger partial charge in [-0.2, -0.15) is 0 Å². The van der Waals surface area contributed by atoms with E-state index in [9.17, 15) is 14.3 Å². The van der Waals surface area contributed by atoms with Gasteiger partial charge in [0.05, 0.1) is 13.2 Å². The van der Waals surface area contributed by atoms with Crippen molar-refractivity contribution in [2.45, 2.75) is 44.4 Å². The number of likely N-dealkylation sites (tertiary alicyclic amines) is 1. The first-order valence-corrected chi connectivity index (χ1v) is 7.30. The molecule has 1 fully saturated rings. The molecule has 1 aromatic carbocycles. The zero-order valence-corrected chi connectivity index (χ0v) is 12.5.